The second-order valence-corrected chi connectivity index (χ2v) is 5.85. The van der Waals surface area contributed by atoms with Gasteiger partial charge in [-0.25, -0.2) is 0 Å². The van der Waals surface area contributed by atoms with Gasteiger partial charge in [-0.2, -0.15) is 0 Å². The van der Waals surface area contributed by atoms with E-state index in [0.717, 1.165) is 12.8 Å². The van der Waals surface area contributed by atoms with Crippen LogP contribution in [0.15, 0.2) is 30.3 Å². The van der Waals surface area contributed by atoms with E-state index in [2.05, 4.69) is 0 Å². The maximum atomic E-state index is 11.9. The van der Waals surface area contributed by atoms with Crippen LogP contribution in [-0.4, -0.2) is 29.9 Å². The van der Waals surface area contributed by atoms with Gasteiger partial charge < -0.3 is 14.4 Å². The highest BCUT2D eigenvalue weighted by molar-refractivity contribution is 7.24. The van der Waals surface area contributed by atoms with Crippen LogP contribution in [0.2, 0.25) is 0 Å². The average molecular weight is 298 g/mol. The highest BCUT2D eigenvalue weighted by Crippen LogP contribution is 2.24. The maximum Gasteiger partial charge on any atom is 0.309 e. The Bertz CT molecular complexity index is 408. The van der Waals surface area contributed by atoms with Crippen molar-refractivity contribution in [2.75, 3.05) is 13.2 Å². The van der Waals surface area contributed by atoms with E-state index < -0.39 is 20.0 Å². The molecule has 0 fully saturated rings. The van der Waals surface area contributed by atoms with Gasteiger partial charge in [-0.1, -0.05) is 30.3 Å². The molecule has 1 aromatic carbocycles. The van der Waals surface area contributed by atoms with Crippen molar-refractivity contribution in [1.82, 2.24) is 0 Å². The van der Waals surface area contributed by atoms with Crippen LogP contribution < -0.4 is 0 Å². The second-order valence-electron chi connectivity index (χ2n) is 4.72. The van der Waals surface area contributed by atoms with Crippen molar-refractivity contribution in [1.29, 1.82) is 0 Å². The zero-order valence-electron chi connectivity index (χ0n) is 11.8. The number of hydrogen-bond donors (Lipinski definition) is 1. The molecule has 1 rings (SSSR count). The molecule has 0 aromatic heterocycles. The lowest BCUT2D eigenvalue weighted by Crippen LogP contribution is -2.29. The molecule has 4 nitrogen and oxygen atoms in total. The first-order valence-electron chi connectivity index (χ1n) is 6.99. The van der Waals surface area contributed by atoms with Crippen molar-refractivity contribution in [2.24, 2.45) is 5.92 Å². The molecule has 3 atom stereocenters. The van der Waals surface area contributed by atoms with E-state index in [-0.39, 0.29) is 12.6 Å². The summed E-state index contributed by atoms with van der Waals surface area (Å²) in [6.07, 6.45) is 2.26. The summed E-state index contributed by atoms with van der Waals surface area (Å²) in [5.74, 6) is -0.806. The summed E-state index contributed by atoms with van der Waals surface area (Å²) >= 11 is 0. The number of ether oxygens (including phenoxy) is 1. The van der Waals surface area contributed by atoms with Gasteiger partial charge in [-0.05, 0) is 31.7 Å². The predicted octanol–water partition coefficient (Wildman–Crippen LogP) is 2.31. The number of aryl methyl sites for hydroxylation is 1. The number of esters is 1. The number of aliphatic hydroxyl groups excluding tert-OH is 1. The van der Waals surface area contributed by atoms with Crippen LogP contribution in [0, 0.1) is 5.92 Å². The standard InChI is InChI=1S/C15H23O4P/c1-2-19-15(17)13(14(11-16)20-18)10-6-9-12-7-4-3-5-8-12/h3-5,7-8,13-14,16H,2,6,9-11,20H2,1H3. The quantitative estimate of drug-likeness (QED) is 0.561. The van der Waals surface area contributed by atoms with E-state index in [0.29, 0.717) is 13.0 Å². The Kier molecular flexibility index (Phi) is 8.24. The van der Waals surface area contributed by atoms with E-state index >= 15 is 0 Å². The highest BCUT2D eigenvalue weighted by Gasteiger charge is 2.27. The second kappa shape index (κ2) is 9.73. The van der Waals surface area contributed by atoms with Crippen molar-refractivity contribution < 1.29 is 19.2 Å². The number of carbonyl (C=O) groups excluding carboxylic acids is 1. The van der Waals surface area contributed by atoms with Gasteiger partial charge in [-0.15, -0.1) is 0 Å². The maximum absolute atomic E-state index is 11.9. The molecule has 1 N–H and O–H groups in total. The van der Waals surface area contributed by atoms with Crippen LogP contribution in [-0.2, 0) is 20.5 Å². The van der Waals surface area contributed by atoms with Crippen LogP contribution in [0.4, 0.5) is 0 Å². The fourth-order valence-electron chi connectivity index (χ4n) is 2.19. The lowest BCUT2D eigenvalue weighted by molar-refractivity contribution is -0.148. The molecule has 0 bridgehead atoms. The van der Waals surface area contributed by atoms with Crippen molar-refractivity contribution in [2.45, 2.75) is 31.8 Å². The molecule has 0 radical (unpaired) electrons. The molecule has 0 aliphatic rings. The Hall–Kier alpha value is -1.12. The average Bonchev–Trinajstić information content (AvgIpc) is 2.48. The minimum absolute atomic E-state index is 0.229. The van der Waals surface area contributed by atoms with Gasteiger partial charge in [0, 0.05) is 5.66 Å². The van der Waals surface area contributed by atoms with E-state index in [1.54, 1.807) is 6.92 Å². The van der Waals surface area contributed by atoms with E-state index in [4.69, 9.17) is 4.74 Å². The molecule has 0 spiro atoms. The Morgan fingerprint density at radius 1 is 1.35 bits per heavy atom. The van der Waals surface area contributed by atoms with Crippen molar-refractivity contribution >= 4 is 14.4 Å². The summed E-state index contributed by atoms with van der Waals surface area (Å²) in [5.41, 5.74) is 0.745. The Labute approximate surface area is 121 Å². The zero-order valence-corrected chi connectivity index (χ0v) is 13.0. The molecule has 0 aliphatic heterocycles. The number of aliphatic hydroxyl groups is 1. The molecular weight excluding hydrogens is 275 g/mol. The highest BCUT2D eigenvalue weighted by atomic mass is 31.1. The zero-order chi connectivity index (χ0) is 14.8. The van der Waals surface area contributed by atoms with Crippen LogP contribution in [0.3, 0.4) is 0 Å². The molecule has 5 heteroatoms. The predicted molar refractivity (Wildman–Crippen MR) is 80.8 cm³/mol. The summed E-state index contributed by atoms with van der Waals surface area (Å²) in [6, 6.07) is 10.0. The molecule has 0 aliphatic carbocycles. The van der Waals surface area contributed by atoms with Gasteiger partial charge >= 0.3 is 5.97 Å². The minimum Gasteiger partial charge on any atom is -0.466 e. The monoisotopic (exact) mass is 298 g/mol. The molecule has 0 amide bonds. The summed E-state index contributed by atoms with van der Waals surface area (Å²) < 4.78 is 16.2. The molecular formula is C15H23O4P. The molecule has 3 unspecified atom stereocenters. The van der Waals surface area contributed by atoms with Crippen molar-refractivity contribution in [3.8, 4) is 0 Å². The van der Waals surface area contributed by atoms with Crippen molar-refractivity contribution in [3.05, 3.63) is 35.9 Å². The first-order valence-corrected chi connectivity index (χ1v) is 8.13. The first kappa shape index (κ1) is 16.9. The van der Waals surface area contributed by atoms with Crippen LogP contribution in [0.5, 0.6) is 0 Å². The van der Waals surface area contributed by atoms with Crippen molar-refractivity contribution in [3.63, 3.8) is 0 Å². The van der Waals surface area contributed by atoms with E-state index in [9.17, 15) is 14.5 Å². The number of hydrogen-bond acceptors (Lipinski definition) is 4. The third kappa shape index (κ3) is 5.48. The van der Waals surface area contributed by atoms with E-state index in [1.165, 1.54) is 5.56 Å². The van der Waals surface area contributed by atoms with E-state index in [1.807, 2.05) is 30.3 Å². The number of carbonyl (C=O) groups is 1. The molecule has 0 saturated heterocycles. The number of benzene rings is 1. The lowest BCUT2D eigenvalue weighted by atomic mass is 9.96. The smallest absolute Gasteiger partial charge is 0.309 e. The normalized spacial score (nSPS) is 14.3. The molecule has 0 heterocycles. The minimum atomic E-state index is -1.18. The summed E-state index contributed by atoms with van der Waals surface area (Å²) in [7, 11) is -1.18. The van der Waals surface area contributed by atoms with Crippen LogP contribution >= 0.6 is 8.46 Å². The largest absolute Gasteiger partial charge is 0.466 e. The Balaban J connectivity index is 2.55. The SMILES string of the molecule is CCOC(=O)C(CCCc1ccccc1)C(CO)[PH2]=O. The fourth-order valence-corrected chi connectivity index (χ4v) is 2.82. The van der Waals surface area contributed by atoms with Gasteiger partial charge in [0.05, 0.1) is 27.6 Å². The first-order chi connectivity index (χ1) is 9.72. The molecule has 20 heavy (non-hydrogen) atoms. The summed E-state index contributed by atoms with van der Waals surface area (Å²) in [4.78, 5) is 11.9. The summed E-state index contributed by atoms with van der Waals surface area (Å²) in [5, 5.41) is 9.24. The number of rotatable bonds is 9. The molecule has 1 aromatic rings. The van der Waals surface area contributed by atoms with Gasteiger partial charge in [0.25, 0.3) is 0 Å². The summed E-state index contributed by atoms with van der Waals surface area (Å²) in [6.45, 7) is 1.82. The Morgan fingerprint density at radius 2 is 2.05 bits per heavy atom. The third-order valence-corrected chi connectivity index (χ3v) is 4.34. The van der Waals surface area contributed by atoms with Crippen LogP contribution in [0.1, 0.15) is 25.3 Å². The van der Waals surface area contributed by atoms with Gasteiger partial charge in [0.2, 0.25) is 0 Å². The third-order valence-electron chi connectivity index (χ3n) is 3.32. The topological polar surface area (TPSA) is 63.6 Å². The molecule has 112 valence electrons. The van der Waals surface area contributed by atoms with Gasteiger partial charge in [0.1, 0.15) is 0 Å². The Morgan fingerprint density at radius 3 is 2.60 bits per heavy atom. The molecule has 0 saturated carbocycles. The van der Waals surface area contributed by atoms with Gasteiger partial charge in [0.15, 0.2) is 0 Å². The fraction of sp³-hybridized carbons (Fsp3) is 0.533. The lowest BCUT2D eigenvalue weighted by Gasteiger charge is -2.19. The van der Waals surface area contributed by atoms with Crippen LogP contribution in [0.25, 0.3) is 0 Å². The van der Waals surface area contributed by atoms with Gasteiger partial charge in [-0.3, -0.25) is 4.79 Å².